The van der Waals surface area contributed by atoms with Crippen LogP contribution in [-0.2, 0) is 0 Å². The molecule has 0 aromatic carbocycles. The van der Waals surface area contributed by atoms with Gasteiger partial charge in [-0.3, -0.25) is 0 Å². The summed E-state index contributed by atoms with van der Waals surface area (Å²) in [4.78, 5) is 27.2. The van der Waals surface area contributed by atoms with Crippen LogP contribution < -0.4 is 15.4 Å². The van der Waals surface area contributed by atoms with Gasteiger partial charge in [-0.25, -0.2) is 28.5 Å². The van der Waals surface area contributed by atoms with Gasteiger partial charge in [0.05, 0.1) is 6.20 Å². The Morgan fingerprint density at radius 2 is 2.00 bits per heavy atom. The maximum atomic E-state index is 14.2. The zero-order chi connectivity index (χ0) is 18.0. The van der Waals surface area contributed by atoms with E-state index in [0.717, 1.165) is 12.5 Å². The summed E-state index contributed by atoms with van der Waals surface area (Å²) in [5.41, 5.74) is 4.69. The fourth-order valence-electron chi connectivity index (χ4n) is 2.48. The van der Waals surface area contributed by atoms with E-state index in [2.05, 4.69) is 19.9 Å². The van der Waals surface area contributed by atoms with Crippen LogP contribution in [0, 0.1) is 11.6 Å². The molecule has 25 heavy (non-hydrogen) atoms. The monoisotopic (exact) mass is 352 g/mol. The van der Waals surface area contributed by atoms with Gasteiger partial charge in [-0.1, -0.05) is 0 Å². The van der Waals surface area contributed by atoms with E-state index >= 15 is 0 Å². The average molecular weight is 352 g/mol. The van der Waals surface area contributed by atoms with Gasteiger partial charge in [0, 0.05) is 25.9 Å². The minimum Gasteiger partial charge on any atom is -0.476 e. The summed E-state index contributed by atoms with van der Waals surface area (Å²) in [5.74, 6) is -3.51. The lowest BCUT2D eigenvalue weighted by Gasteiger charge is -2.32. The molecular formula is C14H14F2N6O3. The lowest BCUT2D eigenvalue weighted by atomic mass is 10.1. The van der Waals surface area contributed by atoms with Crippen molar-refractivity contribution in [3.8, 4) is 6.01 Å². The zero-order valence-electron chi connectivity index (χ0n) is 12.9. The van der Waals surface area contributed by atoms with E-state index in [1.165, 1.54) is 0 Å². The first-order valence-corrected chi connectivity index (χ1v) is 7.39. The quantitative estimate of drug-likeness (QED) is 0.824. The lowest BCUT2D eigenvalue weighted by Crippen LogP contribution is -2.39. The molecule has 3 rings (SSSR count). The molecule has 1 aliphatic rings. The Labute approximate surface area is 140 Å². The second-order valence-corrected chi connectivity index (χ2v) is 5.36. The van der Waals surface area contributed by atoms with E-state index < -0.39 is 23.3 Å². The van der Waals surface area contributed by atoms with E-state index in [1.54, 1.807) is 4.90 Å². The van der Waals surface area contributed by atoms with Crippen molar-refractivity contribution in [2.75, 3.05) is 23.7 Å². The van der Waals surface area contributed by atoms with Gasteiger partial charge in [-0.2, -0.15) is 4.98 Å². The number of piperidine rings is 1. The van der Waals surface area contributed by atoms with Gasteiger partial charge in [-0.15, -0.1) is 0 Å². The molecular weight excluding hydrogens is 338 g/mol. The van der Waals surface area contributed by atoms with Crippen LogP contribution in [0.5, 0.6) is 6.01 Å². The van der Waals surface area contributed by atoms with Crippen molar-refractivity contribution in [3.05, 3.63) is 29.9 Å². The van der Waals surface area contributed by atoms with Crippen molar-refractivity contribution in [1.29, 1.82) is 0 Å². The first kappa shape index (κ1) is 16.7. The smallest absolute Gasteiger partial charge is 0.357 e. The molecule has 9 nitrogen and oxygen atoms in total. The van der Waals surface area contributed by atoms with Gasteiger partial charge in [0.25, 0.3) is 0 Å². The topological polar surface area (TPSA) is 127 Å². The number of hydrogen-bond donors (Lipinski definition) is 2. The Kier molecular flexibility index (Phi) is 4.55. The van der Waals surface area contributed by atoms with E-state index in [0.29, 0.717) is 25.9 Å². The molecule has 3 heterocycles. The number of hydrogen-bond acceptors (Lipinski definition) is 8. The molecule has 2 aromatic rings. The molecule has 0 aliphatic carbocycles. The third kappa shape index (κ3) is 3.54. The van der Waals surface area contributed by atoms with Crippen LogP contribution in [-0.4, -0.2) is 50.2 Å². The Morgan fingerprint density at radius 3 is 2.64 bits per heavy atom. The predicted molar refractivity (Wildman–Crippen MR) is 81.2 cm³/mol. The van der Waals surface area contributed by atoms with E-state index in [1.807, 2.05) is 0 Å². The van der Waals surface area contributed by atoms with Crippen LogP contribution >= 0.6 is 0 Å². The molecule has 132 valence electrons. The normalized spacial score (nSPS) is 15.2. The fraction of sp³-hybridized carbons (Fsp3) is 0.357. The van der Waals surface area contributed by atoms with Crippen molar-refractivity contribution in [3.63, 3.8) is 0 Å². The van der Waals surface area contributed by atoms with Gasteiger partial charge in [0.15, 0.2) is 29.0 Å². The Hall–Kier alpha value is -3.11. The molecule has 0 bridgehead atoms. The van der Waals surface area contributed by atoms with Gasteiger partial charge in [0.2, 0.25) is 0 Å². The van der Waals surface area contributed by atoms with Crippen molar-refractivity contribution < 1.29 is 23.4 Å². The number of aromatic carboxylic acids is 1. The number of aromatic nitrogens is 4. The molecule has 1 fully saturated rings. The highest BCUT2D eigenvalue weighted by molar-refractivity contribution is 5.86. The summed E-state index contributed by atoms with van der Waals surface area (Å²) in [6.45, 7) is 0.767. The van der Waals surface area contributed by atoms with Crippen molar-refractivity contribution >= 4 is 17.6 Å². The predicted octanol–water partition coefficient (Wildman–Crippen LogP) is 0.873. The molecule has 2 aromatic heterocycles. The number of nitrogens with zero attached hydrogens (tertiary/aromatic N) is 5. The molecule has 0 saturated carbocycles. The number of nitrogen functional groups attached to an aromatic ring is 1. The average Bonchev–Trinajstić information content (AvgIpc) is 2.59. The van der Waals surface area contributed by atoms with E-state index in [-0.39, 0.29) is 23.8 Å². The molecule has 0 radical (unpaired) electrons. The Bertz CT molecular complexity index is 798. The van der Waals surface area contributed by atoms with Gasteiger partial charge in [-0.05, 0) is 0 Å². The molecule has 3 N–H and O–H groups in total. The number of carboxylic acids is 1. The number of rotatable bonds is 4. The summed E-state index contributed by atoms with van der Waals surface area (Å²) in [6.07, 6.45) is 2.67. The largest absolute Gasteiger partial charge is 0.476 e. The second-order valence-electron chi connectivity index (χ2n) is 5.36. The minimum absolute atomic E-state index is 0.0290. The maximum absolute atomic E-state index is 14.2. The van der Waals surface area contributed by atoms with E-state index in [4.69, 9.17) is 15.6 Å². The first-order chi connectivity index (χ1) is 12.0. The molecule has 0 spiro atoms. The van der Waals surface area contributed by atoms with Gasteiger partial charge in [0.1, 0.15) is 12.4 Å². The highest BCUT2D eigenvalue weighted by Gasteiger charge is 2.26. The number of carboxylic acid groups (broad SMARTS) is 1. The highest BCUT2D eigenvalue weighted by atomic mass is 19.1. The molecule has 11 heteroatoms. The molecule has 1 aliphatic heterocycles. The van der Waals surface area contributed by atoms with Crippen molar-refractivity contribution in [2.24, 2.45) is 0 Å². The van der Waals surface area contributed by atoms with Crippen molar-refractivity contribution in [1.82, 2.24) is 19.9 Å². The Balaban J connectivity index is 1.65. The summed E-state index contributed by atoms with van der Waals surface area (Å²) in [7, 11) is 0. The number of nitrogens with two attached hydrogens (primary N) is 1. The molecule has 0 atom stereocenters. The first-order valence-electron chi connectivity index (χ1n) is 7.39. The Morgan fingerprint density at radius 1 is 1.28 bits per heavy atom. The number of halogens is 2. The summed E-state index contributed by atoms with van der Waals surface area (Å²) >= 11 is 0. The summed E-state index contributed by atoms with van der Waals surface area (Å²) in [5, 5.41) is 8.92. The minimum atomic E-state index is -1.45. The van der Waals surface area contributed by atoms with Crippen LogP contribution in [0.15, 0.2) is 12.5 Å². The fourth-order valence-corrected chi connectivity index (χ4v) is 2.48. The van der Waals surface area contributed by atoms with Crippen LogP contribution in [0.2, 0.25) is 0 Å². The van der Waals surface area contributed by atoms with Crippen LogP contribution in [0.4, 0.5) is 20.4 Å². The van der Waals surface area contributed by atoms with Crippen LogP contribution in [0.25, 0.3) is 0 Å². The third-order valence-electron chi connectivity index (χ3n) is 3.74. The van der Waals surface area contributed by atoms with Crippen molar-refractivity contribution in [2.45, 2.75) is 18.9 Å². The van der Waals surface area contributed by atoms with Crippen LogP contribution in [0.1, 0.15) is 23.3 Å². The molecule has 1 saturated heterocycles. The summed E-state index contributed by atoms with van der Waals surface area (Å²) < 4.78 is 32.8. The van der Waals surface area contributed by atoms with E-state index in [9.17, 15) is 13.6 Å². The zero-order valence-corrected chi connectivity index (χ0v) is 12.9. The SMILES string of the molecule is Nc1nc(OC2CCN(c3ncnc(C(=O)O)c3F)CC2)ncc1F. The summed E-state index contributed by atoms with van der Waals surface area (Å²) in [6, 6.07) is -0.0290. The number of carbonyl (C=O) groups is 1. The molecule has 0 unspecified atom stereocenters. The number of ether oxygens (including phenoxy) is 1. The standard InChI is InChI=1S/C14H14F2N6O3/c15-8-5-18-14(21-11(8)17)25-7-1-3-22(4-2-7)12-9(16)10(13(23)24)19-6-20-12/h5-7H,1-4H2,(H,23,24)(H2,17,18,21). The van der Waals surface area contributed by atoms with Gasteiger partial charge >= 0.3 is 12.0 Å². The van der Waals surface area contributed by atoms with Gasteiger partial charge < -0.3 is 20.5 Å². The maximum Gasteiger partial charge on any atom is 0.357 e. The lowest BCUT2D eigenvalue weighted by molar-refractivity contribution is 0.0684. The second kappa shape index (κ2) is 6.79. The molecule has 0 amide bonds. The number of anilines is 2. The third-order valence-corrected chi connectivity index (χ3v) is 3.74. The highest BCUT2D eigenvalue weighted by Crippen LogP contribution is 2.24. The van der Waals surface area contributed by atoms with Crippen LogP contribution in [0.3, 0.4) is 0 Å².